The van der Waals surface area contributed by atoms with Crippen LogP contribution in [-0.2, 0) is 13.1 Å². The highest BCUT2D eigenvalue weighted by molar-refractivity contribution is 5.99. The molecular formula is C23H25F2N5O4. The largest absolute Gasteiger partial charge is 0.503 e. The van der Waals surface area contributed by atoms with E-state index in [9.17, 15) is 28.3 Å². The number of nitrogens with zero attached hydrogens (tertiary/aromatic N) is 3. The van der Waals surface area contributed by atoms with Gasteiger partial charge in [0, 0.05) is 37.5 Å². The summed E-state index contributed by atoms with van der Waals surface area (Å²) in [5.74, 6) is -3.71. The number of carbonyl (C=O) groups excluding carboxylic acids is 2. The van der Waals surface area contributed by atoms with Crippen LogP contribution in [0.25, 0.3) is 0 Å². The van der Waals surface area contributed by atoms with Crippen molar-refractivity contribution in [3.05, 3.63) is 63.1 Å². The van der Waals surface area contributed by atoms with Gasteiger partial charge >= 0.3 is 0 Å². The van der Waals surface area contributed by atoms with Crippen LogP contribution in [0.1, 0.15) is 52.1 Å². The predicted molar refractivity (Wildman–Crippen MR) is 117 cm³/mol. The van der Waals surface area contributed by atoms with Crippen molar-refractivity contribution in [2.75, 3.05) is 13.1 Å². The van der Waals surface area contributed by atoms with Gasteiger partial charge in [-0.2, -0.15) is 0 Å². The van der Waals surface area contributed by atoms with Crippen LogP contribution < -0.4 is 16.5 Å². The molecule has 34 heavy (non-hydrogen) atoms. The lowest BCUT2D eigenvalue weighted by Crippen LogP contribution is -2.72. The molecule has 3 aliphatic rings. The molecule has 3 aliphatic heterocycles. The smallest absolute Gasteiger partial charge is 0.275 e. The van der Waals surface area contributed by atoms with Crippen LogP contribution >= 0.6 is 0 Å². The van der Waals surface area contributed by atoms with Gasteiger partial charge in [0.15, 0.2) is 11.4 Å². The predicted octanol–water partition coefficient (Wildman–Crippen LogP) is 1.09. The second kappa shape index (κ2) is 8.17. The number of rotatable bonds is 3. The first kappa shape index (κ1) is 22.5. The quantitative estimate of drug-likeness (QED) is 0.614. The summed E-state index contributed by atoms with van der Waals surface area (Å²) in [6, 6.07) is 2.95. The van der Waals surface area contributed by atoms with E-state index in [0.29, 0.717) is 19.0 Å². The Balaban J connectivity index is 1.45. The molecule has 0 spiro atoms. The maximum absolute atomic E-state index is 13.9. The van der Waals surface area contributed by atoms with E-state index in [2.05, 4.69) is 10.2 Å². The Bertz CT molecular complexity index is 1250. The van der Waals surface area contributed by atoms with Gasteiger partial charge in [-0.25, -0.2) is 8.78 Å². The highest BCUT2D eigenvalue weighted by atomic mass is 19.1. The first-order valence-corrected chi connectivity index (χ1v) is 11.2. The molecule has 0 radical (unpaired) electrons. The summed E-state index contributed by atoms with van der Waals surface area (Å²) in [6.45, 7) is 1.09. The van der Waals surface area contributed by atoms with Gasteiger partial charge in [-0.05, 0) is 31.7 Å². The first-order valence-electron chi connectivity index (χ1n) is 11.2. The zero-order valence-electron chi connectivity index (χ0n) is 18.4. The van der Waals surface area contributed by atoms with E-state index in [0.717, 1.165) is 31.9 Å². The number of hydrogen-bond donors (Lipinski definition) is 3. The molecule has 4 heterocycles. The number of fused-ring (bicyclic) bond motifs is 4. The lowest BCUT2D eigenvalue weighted by atomic mass is 9.88. The molecule has 4 N–H and O–H groups in total. The molecule has 1 aromatic heterocycles. The number of pyridine rings is 1. The Morgan fingerprint density at radius 1 is 1.21 bits per heavy atom. The summed E-state index contributed by atoms with van der Waals surface area (Å²) in [5, 5.41) is 13.0. The van der Waals surface area contributed by atoms with Gasteiger partial charge in [0.05, 0.1) is 12.2 Å². The van der Waals surface area contributed by atoms with Gasteiger partial charge in [-0.15, -0.1) is 0 Å². The average Bonchev–Trinajstić information content (AvgIpc) is 2.80. The van der Waals surface area contributed by atoms with E-state index in [1.165, 1.54) is 16.8 Å². The van der Waals surface area contributed by atoms with Gasteiger partial charge < -0.3 is 25.6 Å². The third kappa shape index (κ3) is 3.55. The number of carbonyl (C=O) groups is 2. The summed E-state index contributed by atoms with van der Waals surface area (Å²) in [5.41, 5.74) is 4.64. The maximum Gasteiger partial charge on any atom is 0.275 e. The summed E-state index contributed by atoms with van der Waals surface area (Å²) >= 11 is 0. The van der Waals surface area contributed by atoms with Crippen molar-refractivity contribution in [1.29, 1.82) is 0 Å². The summed E-state index contributed by atoms with van der Waals surface area (Å²) < 4.78 is 28.4. The topological polar surface area (TPSA) is 121 Å². The zero-order chi connectivity index (χ0) is 24.2. The number of benzene rings is 1. The Morgan fingerprint density at radius 3 is 2.76 bits per heavy atom. The molecule has 0 unspecified atom stereocenters. The minimum absolute atomic E-state index is 0.0365. The van der Waals surface area contributed by atoms with E-state index in [4.69, 9.17) is 5.73 Å². The van der Waals surface area contributed by atoms with Crippen LogP contribution in [0.15, 0.2) is 29.2 Å². The second-order valence-corrected chi connectivity index (χ2v) is 9.12. The van der Waals surface area contributed by atoms with Crippen molar-refractivity contribution >= 4 is 11.8 Å². The van der Waals surface area contributed by atoms with Crippen molar-refractivity contribution in [2.45, 2.75) is 50.6 Å². The van der Waals surface area contributed by atoms with Crippen molar-refractivity contribution in [3.8, 4) is 5.75 Å². The molecule has 2 saturated heterocycles. The normalized spacial score (nSPS) is 24.3. The molecular weight excluding hydrogens is 448 g/mol. The zero-order valence-corrected chi connectivity index (χ0v) is 18.4. The number of nitrogens with two attached hydrogens (primary N) is 1. The molecule has 2 atom stereocenters. The van der Waals surface area contributed by atoms with Gasteiger partial charge in [-0.1, -0.05) is 6.07 Å². The maximum atomic E-state index is 13.9. The van der Waals surface area contributed by atoms with Crippen molar-refractivity contribution < 1.29 is 23.5 Å². The lowest BCUT2D eigenvalue weighted by molar-refractivity contribution is -0.0997. The fourth-order valence-corrected chi connectivity index (χ4v) is 5.29. The number of aromatic nitrogens is 1. The number of amides is 2. The summed E-state index contributed by atoms with van der Waals surface area (Å²) in [7, 11) is 0. The molecule has 0 bridgehead atoms. The minimum Gasteiger partial charge on any atom is -0.503 e. The van der Waals surface area contributed by atoms with E-state index < -0.39 is 40.3 Å². The number of aromatic hydroxyl groups is 1. The van der Waals surface area contributed by atoms with Crippen LogP contribution in [0.2, 0.25) is 0 Å². The summed E-state index contributed by atoms with van der Waals surface area (Å²) in [4.78, 5) is 42.4. The van der Waals surface area contributed by atoms with Crippen LogP contribution in [0.4, 0.5) is 8.78 Å². The van der Waals surface area contributed by atoms with E-state index in [-0.39, 0.29) is 36.1 Å². The number of hydrogen-bond acceptors (Lipinski definition) is 6. The molecule has 2 amide bonds. The Labute approximate surface area is 193 Å². The third-order valence-corrected chi connectivity index (χ3v) is 7.11. The van der Waals surface area contributed by atoms with Gasteiger partial charge in [0.25, 0.3) is 11.8 Å². The monoisotopic (exact) mass is 473 g/mol. The average molecular weight is 473 g/mol. The number of piperidine rings is 1. The lowest BCUT2D eigenvalue weighted by Gasteiger charge is -2.57. The first-order chi connectivity index (χ1) is 16.2. The van der Waals surface area contributed by atoms with Crippen LogP contribution in [0.3, 0.4) is 0 Å². The van der Waals surface area contributed by atoms with E-state index in [1.54, 1.807) is 4.90 Å². The van der Waals surface area contributed by atoms with Crippen molar-refractivity contribution in [2.24, 2.45) is 5.73 Å². The van der Waals surface area contributed by atoms with Crippen molar-refractivity contribution in [1.82, 2.24) is 19.7 Å². The van der Waals surface area contributed by atoms with Crippen LogP contribution in [0.5, 0.6) is 5.75 Å². The number of nitrogens with one attached hydrogen (secondary N) is 1. The van der Waals surface area contributed by atoms with Crippen LogP contribution in [-0.4, -0.2) is 56.2 Å². The van der Waals surface area contributed by atoms with Gasteiger partial charge in [-0.3, -0.25) is 19.3 Å². The van der Waals surface area contributed by atoms with Crippen molar-refractivity contribution in [3.63, 3.8) is 0 Å². The third-order valence-electron chi connectivity index (χ3n) is 7.11. The van der Waals surface area contributed by atoms with E-state index in [1.807, 2.05) is 0 Å². The molecule has 180 valence electrons. The molecule has 1 aromatic carbocycles. The highest BCUT2D eigenvalue weighted by Crippen LogP contribution is 2.37. The van der Waals surface area contributed by atoms with Gasteiger partial charge in [0.1, 0.15) is 23.4 Å². The Morgan fingerprint density at radius 2 is 2.00 bits per heavy atom. The summed E-state index contributed by atoms with van der Waals surface area (Å²) in [6.07, 6.45) is 4.27. The molecule has 9 nitrogen and oxygen atoms in total. The SMILES string of the molecule is N[C@@]12CCCCN1[C@@H]1Cn3cc(C(=O)NCc4ccc(F)cc4F)c(=O)c(O)c3C(=O)N1CC2. The molecule has 0 saturated carbocycles. The molecule has 2 aromatic rings. The molecule has 2 fully saturated rings. The molecule has 11 heteroatoms. The number of halogens is 2. The fourth-order valence-electron chi connectivity index (χ4n) is 5.29. The Kier molecular flexibility index (Phi) is 5.40. The minimum atomic E-state index is -0.988. The second-order valence-electron chi connectivity index (χ2n) is 9.12. The highest BCUT2D eigenvalue weighted by Gasteiger charge is 2.49. The standard InChI is InChI=1S/C23H25F2N5O4/c24-14-4-3-13(16(25)9-14)10-27-21(33)15-11-28-12-17-29(22(34)18(28)20(32)19(15)31)8-6-23(26)5-1-2-7-30(17)23/h3-4,9,11,17,32H,1-2,5-8,10,12,26H2,(H,27,33)/t17-,23+/m1/s1. The van der Waals surface area contributed by atoms with E-state index >= 15 is 0 Å². The molecule has 5 rings (SSSR count). The molecule has 0 aliphatic carbocycles. The Hall–Kier alpha value is -3.31. The van der Waals surface area contributed by atoms with Gasteiger partial charge in [0.2, 0.25) is 5.43 Å². The fraction of sp³-hybridized carbons (Fsp3) is 0.435. The van der Waals surface area contributed by atoms with Crippen LogP contribution in [0, 0.1) is 11.6 Å².